The van der Waals surface area contributed by atoms with Gasteiger partial charge in [0.05, 0.1) is 13.2 Å². The molecule has 1 rings (SSSR count). The van der Waals surface area contributed by atoms with Gasteiger partial charge in [0, 0.05) is 26.2 Å². The molecule has 0 spiro atoms. The van der Waals surface area contributed by atoms with Gasteiger partial charge < -0.3 is 10.1 Å². The van der Waals surface area contributed by atoms with Crippen molar-refractivity contribution < 1.29 is 4.74 Å². The molecule has 1 fully saturated rings. The van der Waals surface area contributed by atoms with Crippen LogP contribution in [-0.2, 0) is 4.74 Å². The standard InChI is InChI=1S/C14H30N2O/c1-4-6-14(3,12-15-7-5-2)13-16-8-10-17-11-9-16/h15H,4-13H2,1-3H3. The summed E-state index contributed by atoms with van der Waals surface area (Å²) < 4.78 is 5.42. The topological polar surface area (TPSA) is 24.5 Å². The summed E-state index contributed by atoms with van der Waals surface area (Å²) in [6.45, 7) is 14.5. The molecule has 1 N–H and O–H groups in total. The molecule has 1 aliphatic rings. The first-order valence-electron chi connectivity index (χ1n) is 7.21. The second-order valence-corrected chi connectivity index (χ2v) is 5.63. The molecule has 0 aliphatic carbocycles. The Morgan fingerprint density at radius 1 is 1.18 bits per heavy atom. The van der Waals surface area contributed by atoms with E-state index in [0.29, 0.717) is 5.41 Å². The first kappa shape index (κ1) is 14.9. The van der Waals surface area contributed by atoms with E-state index in [0.717, 1.165) is 39.4 Å². The summed E-state index contributed by atoms with van der Waals surface area (Å²) in [5.41, 5.74) is 0.418. The van der Waals surface area contributed by atoms with Crippen molar-refractivity contribution in [3.63, 3.8) is 0 Å². The second kappa shape index (κ2) is 8.06. The summed E-state index contributed by atoms with van der Waals surface area (Å²) in [6.07, 6.45) is 3.80. The van der Waals surface area contributed by atoms with Crippen LogP contribution < -0.4 is 5.32 Å². The Hall–Kier alpha value is -0.120. The van der Waals surface area contributed by atoms with Crippen molar-refractivity contribution in [1.29, 1.82) is 0 Å². The van der Waals surface area contributed by atoms with Crippen LogP contribution in [0.3, 0.4) is 0 Å². The van der Waals surface area contributed by atoms with E-state index in [2.05, 4.69) is 31.0 Å². The van der Waals surface area contributed by atoms with Crippen LogP contribution in [0.4, 0.5) is 0 Å². The van der Waals surface area contributed by atoms with E-state index >= 15 is 0 Å². The Balaban J connectivity index is 2.38. The van der Waals surface area contributed by atoms with E-state index in [9.17, 15) is 0 Å². The predicted molar refractivity (Wildman–Crippen MR) is 73.4 cm³/mol. The van der Waals surface area contributed by atoms with Gasteiger partial charge in [-0.3, -0.25) is 4.90 Å². The summed E-state index contributed by atoms with van der Waals surface area (Å²) in [5.74, 6) is 0. The van der Waals surface area contributed by atoms with Gasteiger partial charge in [0.2, 0.25) is 0 Å². The maximum Gasteiger partial charge on any atom is 0.0594 e. The smallest absolute Gasteiger partial charge is 0.0594 e. The van der Waals surface area contributed by atoms with E-state index in [1.165, 1.54) is 25.8 Å². The summed E-state index contributed by atoms with van der Waals surface area (Å²) in [7, 11) is 0. The highest BCUT2D eigenvalue weighted by molar-refractivity contribution is 4.81. The van der Waals surface area contributed by atoms with Crippen LogP contribution in [0.2, 0.25) is 0 Å². The van der Waals surface area contributed by atoms with Gasteiger partial charge in [0.25, 0.3) is 0 Å². The van der Waals surface area contributed by atoms with Gasteiger partial charge in [0.1, 0.15) is 0 Å². The van der Waals surface area contributed by atoms with Crippen molar-refractivity contribution in [2.75, 3.05) is 45.9 Å². The minimum absolute atomic E-state index is 0.418. The number of nitrogens with one attached hydrogen (secondary N) is 1. The van der Waals surface area contributed by atoms with E-state index in [1.54, 1.807) is 0 Å². The molecule has 1 atom stereocenters. The molecule has 0 radical (unpaired) electrons. The van der Waals surface area contributed by atoms with Gasteiger partial charge >= 0.3 is 0 Å². The summed E-state index contributed by atoms with van der Waals surface area (Å²) in [5, 5.41) is 3.59. The molecule has 3 nitrogen and oxygen atoms in total. The number of ether oxygens (including phenoxy) is 1. The molecule has 0 aromatic carbocycles. The minimum atomic E-state index is 0.418. The highest BCUT2D eigenvalue weighted by Crippen LogP contribution is 2.24. The molecule has 3 heteroatoms. The highest BCUT2D eigenvalue weighted by Gasteiger charge is 2.26. The summed E-state index contributed by atoms with van der Waals surface area (Å²) >= 11 is 0. The Morgan fingerprint density at radius 2 is 1.88 bits per heavy atom. The molecule has 0 aromatic heterocycles. The monoisotopic (exact) mass is 242 g/mol. The predicted octanol–water partition coefficient (Wildman–Crippen LogP) is 2.12. The maximum absolute atomic E-state index is 5.42. The molecule has 102 valence electrons. The maximum atomic E-state index is 5.42. The molecule has 17 heavy (non-hydrogen) atoms. The molecule has 1 heterocycles. The van der Waals surface area contributed by atoms with Gasteiger partial charge in [-0.25, -0.2) is 0 Å². The number of nitrogens with zero attached hydrogens (tertiary/aromatic N) is 1. The van der Waals surface area contributed by atoms with Gasteiger partial charge in [-0.15, -0.1) is 0 Å². The van der Waals surface area contributed by atoms with E-state index in [4.69, 9.17) is 4.74 Å². The van der Waals surface area contributed by atoms with E-state index in [-0.39, 0.29) is 0 Å². The largest absolute Gasteiger partial charge is 0.379 e. The lowest BCUT2D eigenvalue weighted by Crippen LogP contribution is -2.46. The van der Waals surface area contributed by atoms with Gasteiger partial charge in [0.15, 0.2) is 0 Å². The molecule has 0 bridgehead atoms. The fourth-order valence-corrected chi connectivity index (χ4v) is 2.69. The third-order valence-corrected chi connectivity index (χ3v) is 3.54. The fraction of sp³-hybridized carbons (Fsp3) is 1.00. The van der Waals surface area contributed by atoms with Crippen molar-refractivity contribution in [2.45, 2.75) is 40.0 Å². The SMILES string of the molecule is CCCNCC(C)(CCC)CN1CCOCC1. The minimum Gasteiger partial charge on any atom is -0.379 e. The number of hydrogen-bond acceptors (Lipinski definition) is 3. The number of morpholine rings is 1. The molecule has 1 aliphatic heterocycles. The third-order valence-electron chi connectivity index (χ3n) is 3.54. The van der Waals surface area contributed by atoms with E-state index < -0.39 is 0 Å². The first-order valence-corrected chi connectivity index (χ1v) is 7.21. The molecule has 1 unspecified atom stereocenters. The molecule has 0 saturated carbocycles. The molecule has 1 saturated heterocycles. The van der Waals surface area contributed by atoms with Crippen LogP contribution in [0.1, 0.15) is 40.0 Å². The average Bonchev–Trinajstić information content (AvgIpc) is 2.31. The summed E-state index contributed by atoms with van der Waals surface area (Å²) in [4.78, 5) is 2.56. The fourth-order valence-electron chi connectivity index (χ4n) is 2.69. The van der Waals surface area contributed by atoms with Crippen LogP contribution in [0.15, 0.2) is 0 Å². The normalized spacial score (nSPS) is 21.4. The van der Waals surface area contributed by atoms with Gasteiger partial charge in [-0.2, -0.15) is 0 Å². The Morgan fingerprint density at radius 3 is 2.47 bits per heavy atom. The second-order valence-electron chi connectivity index (χ2n) is 5.63. The molecular formula is C14H30N2O. The van der Waals surface area contributed by atoms with Crippen molar-refractivity contribution >= 4 is 0 Å². The third kappa shape index (κ3) is 5.84. The number of hydrogen-bond donors (Lipinski definition) is 1. The van der Waals surface area contributed by atoms with Crippen molar-refractivity contribution in [3.8, 4) is 0 Å². The Kier molecular flexibility index (Phi) is 7.09. The van der Waals surface area contributed by atoms with Crippen LogP contribution >= 0.6 is 0 Å². The Bertz CT molecular complexity index is 193. The van der Waals surface area contributed by atoms with Crippen LogP contribution in [0, 0.1) is 5.41 Å². The zero-order chi connectivity index (χ0) is 12.6. The lowest BCUT2D eigenvalue weighted by molar-refractivity contribution is 0.0170. The summed E-state index contributed by atoms with van der Waals surface area (Å²) in [6, 6.07) is 0. The lowest BCUT2D eigenvalue weighted by Gasteiger charge is -2.37. The average molecular weight is 242 g/mol. The van der Waals surface area contributed by atoms with Crippen molar-refractivity contribution in [2.24, 2.45) is 5.41 Å². The quantitative estimate of drug-likeness (QED) is 0.660. The molecule has 0 amide bonds. The molecular weight excluding hydrogens is 212 g/mol. The van der Waals surface area contributed by atoms with Crippen LogP contribution in [0.25, 0.3) is 0 Å². The van der Waals surface area contributed by atoms with E-state index in [1.807, 2.05) is 0 Å². The van der Waals surface area contributed by atoms with Crippen LogP contribution in [-0.4, -0.2) is 50.8 Å². The zero-order valence-corrected chi connectivity index (χ0v) is 11.9. The highest BCUT2D eigenvalue weighted by atomic mass is 16.5. The number of rotatable bonds is 8. The molecule has 0 aromatic rings. The Labute approximate surface area is 107 Å². The van der Waals surface area contributed by atoms with Crippen molar-refractivity contribution in [3.05, 3.63) is 0 Å². The first-order chi connectivity index (χ1) is 8.20. The van der Waals surface area contributed by atoms with Gasteiger partial charge in [-0.05, 0) is 24.8 Å². The lowest BCUT2D eigenvalue weighted by atomic mass is 9.84. The van der Waals surface area contributed by atoms with Crippen molar-refractivity contribution in [1.82, 2.24) is 10.2 Å². The van der Waals surface area contributed by atoms with Crippen LogP contribution in [0.5, 0.6) is 0 Å². The van der Waals surface area contributed by atoms with Gasteiger partial charge in [-0.1, -0.05) is 27.2 Å². The zero-order valence-electron chi connectivity index (χ0n) is 11.9.